The van der Waals surface area contributed by atoms with Gasteiger partial charge in [0.1, 0.15) is 57.5 Å². The van der Waals surface area contributed by atoms with Gasteiger partial charge in [-0.2, -0.15) is 0 Å². The van der Waals surface area contributed by atoms with Crippen LogP contribution in [0.2, 0.25) is 0 Å². The zero-order valence-electron chi connectivity index (χ0n) is 30.2. The summed E-state index contributed by atoms with van der Waals surface area (Å²) in [6.07, 6.45) is 0. The number of hydrogen-bond acceptors (Lipinski definition) is 6. The van der Waals surface area contributed by atoms with E-state index in [0.717, 1.165) is 124 Å². The number of benzene rings is 8. The Hall–Kier alpha value is -7.25. The molecule has 8 aromatic rings. The summed E-state index contributed by atoms with van der Waals surface area (Å²) in [5, 5.41) is 0. The first-order chi connectivity index (χ1) is 28.3. The quantitative estimate of drug-likeness (QED) is 0.207. The van der Waals surface area contributed by atoms with Crippen LogP contribution in [0.1, 0.15) is 0 Å². The number of hydrogen-bond donors (Lipinski definition) is 0. The number of para-hydroxylation sites is 3. The Balaban J connectivity index is 1.08. The fourth-order valence-corrected chi connectivity index (χ4v) is 10.4. The van der Waals surface area contributed by atoms with E-state index < -0.39 is 0 Å². The van der Waals surface area contributed by atoms with Crippen LogP contribution >= 0.6 is 0 Å². The first kappa shape index (κ1) is 30.0. The highest BCUT2D eigenvalue weighted by molar-refractivity contribution is 7.04. The summed E-state index contributed by atoms with van der Waals surface area (Å²) in [5.74, 6) is 8.23. The summed E-state index contributed by atoms with van der Waals surface area (Å²) >= 11 is 0. The standard InChI is InChI=1S/C48H26B3NO5/c1-2-11-27(12-3-1)52-32-15-8-18-36-42(32)51(43-33(52)25-23-30-47(43)56-39-21-9-19-37-44(39)49(30)28-13-4-6-16-34(28)53-37)46-41(55-36)26-24-31-48(46)57-40-22-10-20-38-45(40)50(31)29-14-5-7-17-35(29)54-38/h1-26H. The van der Waals surface area contributed by atoms with Gasteiger partial charge in [0, 0.05) is 33.5 Å². The molecule has 6 aliphatic rings. The maximum absolute atomic E-state index is 7.26. The molecule has 0 radical (unpaired) electrons. The van der Waals surface area contributed by atoms with Crippen LogP contribution in [0.15, 0.2) is 158 Å². The molecule has 262 valence electrons. The van der Waals surface area contributed by atoms with Gasteiger partial charge in [0.05, 0.1) is 0 Å². The molecule has 0 amide bonds. The van der Waals surface area contributed by atoms with Crippen molar-refractivity contribution in [2.24, 2.45) is 0 Å². The lowest BCUT2D eigenvalue weighted by molar-refractivity contribution is 0.458. The molecular weight excluding hydrogens is 703 g/mol. The van der Waals surface area contributed by atoms with Crippen molar-refractivity contribution in [1.29, 1.82) is 0 Å². The number of anilines is 3. The Kier molecular flexibility index (Phi) is 5.66. The molecule has 57 heavy (non-hydrogen) atoms. The Morgan fingerprint density at radius 3 is 1.39 bits per heavy atom. The van der Waals surface area contributed by atoms with Gasteiger partial charge in [-0.3, -0.25) is 0 Å². The molecular formula is C48H26B3NO5. The summed E-state index contributed by atoms with van der Waals surface area (Å²) < 4.78 is 34.4. The van der Waals surface area contributed by atoms with Crippen molar-refractivity contribution in [3.05, 3.63) is 158 Å². The number of ether oxygens (including phenoxy) is 5. The first-order valence-corrected chi connectivity index (χ1v) is 19.4. The lowest BCUT2D eigenvalue weighted by Crippen LogP contribution is -2.65. The van der Waals surface area contributed by atoms with Gasteiger partial charge >= 0.3 is 0 Å². The highest BCUT2D eigenvalue weighted by Gasteiger charge is 2.51. The Labute approximate surface area is 329 Å². The average Bonchev–Trinajstić information content (AvgIpc) is 3.26. The molecule has 0 saturated heterocycles. The fraction of sp³-hybridized carbons (Fsp3) is 0. The molecule has 6 aliphatic heterocycles. The zero-order valence-corrected chi connectivity index (χ0v) is 30.2. The predicted molar refractivity (Wildman–Crippen MR) is 228 cm³/mol. The van der Waals surface area contributed by atoms with Gasteiger partial charge in [-0.15, -0.1) is 0 Å². The van der Waals surface area contributed by atoms with Gasteiger partial charge in [-0.05, 0) is 106 Å². The van der Waals surface area contributed by atoms with E-state index in [4.69, 9.17) is 23.7 Å². The summed E-state index contributed by atoms with van der Waals surface area (Å²) in [6.45, 7) is -0.457. The van der Waals surface area contributed by atoms with E-state index in [0.29, 0.717) is 0 Å². The second-order valence-corrected chi connectivity index (χ2v) is 15.4. The minimum atomic E-state index is -0.292. The predicted octanol–water partition coefficient (Wildman–Crippen LogP) is 5.55. The lowest BCUT2D eigenvalue weighted by atomic mass is 9.29. The van der Waals surface area contributed by atoms with Crippen molar-refractivity contribution >= 4 is 86.4 Å². The van der Waals surface area contributed by atoms with Gasteiger partial charge in [-0.1, -0.05) is 84.9 Å². The normalized spacial score (nSPS) is 14.5. The third-order valence-electron chi connectivity index (χ3n) is 12.6. The highest BCUT2D eigenvalue weighted by Crippen LogP contribution is 2.45. The van der Waals surface area contributed by atoms with Crippen molar-refractivity contribution in [3.63, 3.8) is 0 Å². The van der Waals surface area contributed by atoms with Crippen molar-refractivity contribution in [2.45, 2.75) is 0 Å². The molecule has 8 aromatic carbocycles. The van der Waals surface area contributed by atoms with Crippen molar-refractivity contribution < 1.29 is 23.7 Å². The van der Waals surface area contributed by atoms with Gasteiger partial charge < -0.3 is 28.6 Å². The van der Waals surface area contributed by atoms with Crippen LogP contribution in [0.3, 0.4) is 0 Å². The van der Waals surface area contributed by atoms with Crippen molar-refractivity contribution in [2.75, 3.05) is 4.90 Å². The Morgan fingerprint density at radius 1 is 0.281 bits per heavy atom. The molecule has 6 heterocycles. The highest BCUT2D eigenvalue weighted by atomic mass is 16.5. The third-order valence-corrected chi connectivity index (χ3v) is 12.6. The molecule has 14 rings (SSSR count). The van der Waals surface area contributed by atoms with E-state index in [1.54, 1.807) is 0 Å². The van der Waals surface area contributed by atoms with E-state index in [9.17, 15) is 0 Å². The van der Waals surface area contributed by atoms with E-state index in [1.807, 2.05) is 36.4 Å². The van der Waals surface area contributed by atoms with Gasteiger partial charge in [0.15, 0.2) is 0 Å². The summed E-state index contributed by atoms with van der Waals surface area (Å²) in [6, 6.07) is 54.8. The van der Waals surface area contributed by atoms with E-state index in [1.165, 1.54) is 0 Å². The summed E-state index contributed by atoms with van der Waals surface area (Å²) in [4.78, 5) is 2.36. The minimum absolute atomic E-state index is 0.0821. The molecule has 0 aromatic heterocycles. The molecule has 9 heteroatoms. The van der Waals surface area contributed by atoms with Crippen LogP contribution in [-0.2, 0) is 0 Å². The summed E-state index contributed by atoms with van der Waals surface area (Å²) in [5.41, 5.74) is 12.8. The van der Waals surface area contributed by atoms with Gasteiger partial charge in [-0.25, -0.2) is 0 Å². The zero-order chi connectivity index (χ0) is 36.9. The van der Waals surface area contributed by atoms with Crippen LogP contribution in [0.4, 0.5) is 17.1 Å². The summed E-state index contributed by atoms with van der Waals surface area (Å²) in [7, 11) is 0. The maximum atomic E-state index is 7.26. The molecule has 0 fully saturated rings. The maximum Gasteiger partial charge on any atom is 0.266 e. The topological polar surface area (TPSA) is 49.4 Å². The largest absolute Gasteiger partial charge is 0.459 e. The van der Waals surface area contributed by atoms with E-state index in [2.05, 4.69) is 126 Å². The van der Waals surface area contributed by atoms with Crippen LogP contribution in [0.5, 0.6) is 57.5 Å². The average molecular weight is 729 g/mol. The lowest BCUT2D eigenvalue weighted by Gasteiger charge is -2.43. The van der Waals surface area contributed by atoms with Crippen molar-refractivity contribution in [1.82, 2.24) is 0 Å². The number of nitrogens with zero attached hydrogens (tertiary/aromatic N) is 1. The van der Waals surface area contributed by atoms with Crippen LogP contribution < -0.4 is 77.7 Å². The van der Waals surface area contributed by atoms with Crippen LogP contribution in [0.25, 0.3) is 0 Å². The fourth-order valence-electron chi connectivity index (χ4n) is 10.4. The Morgan fingerprint density at radius 2 is 0.737 bits per heavy atom. The minimum Gasteiger partial charge on any atom is -0.459 e. The van der Waals surface area contributed by atoms with Crippen molar-refractivity contribution in [3.8, 4) is 57.5 Å². The van der Waals surface area contributed by atoms with E-state index in [-0.39, 0.29) is 20.1 Å². The van der Waals surface area contributed by atoms with Crippen LogP contribution in [0, 0.1) is 0 Å². The molecule has 0 atom stereocenters. The molecule has 0 saturated carbocycles. The molecule has 0 N–H and O–H groups in total. The Bertz CT molecular complexity index is 3120. The van der Waals surface area contributed by atoms with Gasteiger partial charge in [0.25, 0.3) is 20.1 Å². The molecule has 0 bridgehead atoms. The molecule has 0 aliphatic carbocycles. The monoisotopic (exact) mass is 729 g/mol. The van der Waals surface area contributed by atoms with E-state index >= 15 is 0 Å². The second kappa shape index (κ2) is 10.7. The SMILES string of the molecule is c1ccc(N2c3cccc4c3B(c3c(ccc5c3Oc3cccc6c3B5c3ccccc3O6)O4)c3c2ccc2c3Oc3cccc4c3B2c2ccccc2O4)cc1. The number of fused-ring (bicyclic) bond motifs is 14. The molecule has 0 spiro atoms. The third kappa shape index (κ3) is 3.83. The second-order valence-electron chi connectivity index (χ2n) is 15.4. The molecule has 0 unspecified atom stereocenters. The smallest absolute Gasteiger partial charge is 0.266 e. The van der Waals surface area contributed by atoms with Gasteiger partial charge in [0.2, 0.25) is 0 Å². The van der Waals surface area contributed by atoms with Crippen LogP contribution in [-0.4, -0.2) is 20.1 Å². The number of rotatable bonds is 1. The molecule has 6 nitrogen and oxygen atoms in total. The first-order valence-electron chi connectivity index (χ1n) is 19.4.